The molecule has 1 amide bonds. The van der Waals surface area contributed by atoms with Crippen LogP contribution < -0.4 is 10.6 Å². The number of likely N-dealkylation sites (tertiary alicyclic amines) is 1. The Kier molecular flexibility index (Phi) is 6.40. The SMILES string of the molecule is CN=C(NC1CC1c1ccc(C(C)C)cc1)N1CCC(CC(=O)NC)CC1. The third-order valence-corrected chi connectivity index (χ3v) is 6.01. The molecule has 1 saturated carbocycles. The van der Waals surface area contributed by atoms with Gasteiger partial charge in [-0.1, -0.05) is 38.1 Å². The predicted molar refractivity (Wildman–Crippen MR) is 111 cm³/mol. The number of carbonyl (C=O) groups excluding carboxylic acids is 1. The zero-order chi connectivity index (χ0) is 19.4. The van der Waals surface area contributed by atoms with Gasteiger partial charge in [0.2, 0.25) is 5.91 Å². The highest BCUT2D eigenvalue weighted by molar-refractivity contribution is 5.81. The van der Waals surface area contributed by atoms with E-state index >= 15 is 0 Å². The number of carbonyl (C=O) groups is 1. The van der Waals surface area contributed by atoms with Crippen LogP contribution >= 0.6 is 0 Å². The Morgan fingerprint density at radius 3 is 2.44 bits per heavy atom. The van der Waals surface area contributed by atoms with Crippen molar-refractivity contribution in [2.75, 3.05) is 27.2 Å². The standard InChI is InChI=1S/C22H34N4O/c1-15(2)17-5-7-18(8-6-17)19-14-20(19)25-22(24-4)26-11-9-16(10-12-26)13-21(27)23-3/h5-8,15-16,19-20H,9-14H2,1-4H3,(H,23,27)(H,24,25). The van der Waals surface area contributed by atoms with Crippen LogP contribution in [-0.4, -0.2) is 50.0 Å². The molecule has 0 bridgehead atoms. The van der Waals surface area contributed by atoms with Gasteiger partial charge in [0, 0.05) is 45.6 Å². The number of rotatable bonds is 5. The first-order chi connectivity index (χ1) is 13.0. The maximum absolute atomic E-state index is 11.6. The minimum absolute atomic E-state index is 0.153. The van der Waals surface area contributed by atoms with Crippen LogP contribution in [0.25, 0.3) is 0 Å². The first kappa shape index (κ1) is 19.7. The Balaban J connectivity index is 1.48. The number of hydrogen-bond acceptors (Lipinski definition) is 2. The number of aliphatic imine (C=N–C) groups is 1. The van der Waals surface area contributed by atoms with Crippen LogP contribution in [-0.2, 0) is 4.79 Å². The van der Waals surface area contributed by atoms with Crippen molar-refractivity contribution in [2.45, 2.75) is 57.4 Å². The average Bonchev–Trinajstić information content (AvgIpc) is 3.46. The van der Waals surface area contributed by atoms with Crippen LogP contribution in [0.1, 0.15) is 62.5 Å². The Labute approximate surface area is 163 Å². The van der Waals surface area contributed by atoms with E-state index in [-0.39, 0.29) is 5.91 Å². The molecule has 1 aliphatic heterocycles. The summed E-state index contributed by atoms with van der Waals surface area (Å²) in [7, 11) is 3.58. The molecule has 148 valence electrons. The fraction of sp³-hybridized carbons (Fsp3) is 0.636. The molecule has 0 radical (unpaired) electrons. The minimum atomic E-state index is 0.153. The van der Waals surface area contributed by atoms with E-state index < -0.39 is 0 Å². The number of piperidine rings is 1. The number of benzene rings is 1. The van der Waals surface area contributed by atoms with Crippen molar-refractivity contribution in [3.05, 3.63) is 35.4 Å². The van der Waals surface area contributed by atoms with E-state index in [1.807, 2.05) is 7.05 Å². The van der Waals surface area contributed by atoms with Gasteiger partial charge in [0.25, 0.3) is 0 Å². The van der Waals surface area contributed by atoms with E-state index in [4.69, 9.17) is 0 Å². The Hall–Kier alpha value is -2.04. The summed E-state index contributed by atoms with van der Waals surface area (Å²) in [5.74, 6) is 2.83. The van der Waals surface area contributed by atoms with Gasteiger partial charge >= 0.3 is 0 Å². The van der Waals surface area contributed by atoms with Crippen molar-refractivity contribution in [3.63, 3.8) is 0 Å². The molecule has 1 aliphatic carbocycles. The zero-order valence-electron chi connectivity index (χ0n) is 17.2. The number of nitrogens with zero attached hydrogens (tertiary/aromatic N) is 2. The maximum Gasteiger partial charge on any atom is 0.220 e. The van der Waals surface area contributed by atoms with Crippen LogP contribution in [0.15, 0.2) is 29.3 Å². The quantitative estimate of drug-likeness (QED) is 0.619. The van der Waals surface area contributed by atoms with E-state index in [9.17, 15) is 4.79 Å². The van der Waals surface area contributed by atoms with Crippen molar-refractivity contribution in [1.82, 2.24) is 15.5 Å². The van der Waals surface area contributed by atoms with Gasteiger partial charge in [-0.25, -0.2) is 0 Å². The fourth-order valence-electron chi connectivity index (χ4n) is 4.03. The lowest BCUT2D eigenvalue weighted by Gasteiger charge is -2.34. The molecule has 5 heteroatoms. The van der Waals surface area contributed by atoms with Gasteiger partial charge in [-0.05, 0) is 42.2 Å². The van der Waals surface area contributed by atoms with E-state index in [1.165, 1.54) is 17.5 Å². The van der Waals surface area contributed by atoms with Gasteiger partial charge in [0.1, 0.15) is 0 Å². The highest BCUT2D eigenvalue weighted by Gasteiger charge is 2.39. The van der Waals surface area contributed by atoms with Crippen LogP contribution in [0.4, 0.5) is 0 Å². The van der Waals surface area contributed by atoms with Gasteiger partial charge in [-0.3, -0.25) is 9.79 Å². The van der Waals surface area contributed by atoms with Gasteiger partial charge in [0.15, 0.2) is 5.96 Å². The fourth-order valence-corrected chi connectivity index (χ4v) is 4.03. The predicted octanol–water partition coefficient (Wildman–Crippen LogP) is 3.09. The van der Waals surface area contributed by atoms with Gasteiger partial charge in [0.05, 0.1) is 0 Å². The molecule has 1 heterocycles. The summed E-state index contributed by atoms with van der Waals surface area (Å²) in [6.45, 7) is 6.42. The van der Waals surface area contributed by atoms with Crippen molar-refractivity contribution in [2.24, 2.45) is 10.9 Å². The molecule has 2 aliphatic rings. The van der Waals surface area contributed by atoms with E-state index in [0.29, 0.717) is 30.2 Å². The number of nitrogens with one attached hydrogen (secondary N) is 2. The van der Waals surface area contributed by atoms with Crippen molar-refractivity contribution in [3.8, 4) is 0 Å². The molecular formula is C22H34N4O. The molecule has 3 rings (SSSR count). The molecule has 2 fully saturated rings. The summed E-state index contributed by atoms with van der Waals surface area (Å²) in [4.78, 5) is 18.4. The summed E-state index contributed by atoms with van der Waals surface area (Å²) in [6.07, 6.45) is 3.93. The second-order valence-corrected chi connectivity index (χ2v) is 8.27. The van der Waals surface area contributed by atoms with Gasteiger partial charge in [-0.15, -0.1) is 0 Å². The second-order valence-electron chi connectivity index (χ2n) is 8.27. The highest BCUT2D eigenvalue weighted by Crippen LogP contribution is 2.41. The van der Waals surface area contributed by atoms with Gasteiger partial charge in [-0.2, -0.15) is 0 Å². The van der Waals surface area contributed by atoms with Gasteiger partial charge < -0.3 is 15.5 Å². The van der Waals surface area contributed by atoms with Crippen LogP contribution in [0.5, 0.6) is 0 Å². The molecule has 1 aromatic rings. The first-order valence-corrected chi connectivity index (χ1v) is 10.3. The van der Waals surface area contributed by atoms with Crippen molar-refractivity contribution < 1.29 is 4.79 Å². The van der Waals surface area contributed by atoms with Crippen LogP contribution in [0.3, 0.4) is 0 Å². The Bertz CT molecular complexity index is 659. The smallest absolute Gasteiger partial charge is 0.220 e. The molecule has 0 spiro atoms. The lowest BCUT2D eigenvalue weighted by Crippen LogP contribution is -2.46. The maximum atomic E-state index is 11.6. The zero-order valence-corrected chi connectivity index (χ0v) is 17.2. The highest BCUT2D eigenvalue weighted by atomic mass is 16.1. The lowest BCUT2D eigenvalue weighted by atomic mass is 9.93. The van der Waals surface area contributed by atoms with E-state index in [0.717, 1.165) is 31.9 Å². The van der Waals surface area contributed by atoms with E-state index in [2.05, 4.69) is 58.6 Å². The number of amides is 1. The Morgan fingerprint density at radius 2 is 1.89 bits per heavy atom. The topological polar surface area (TPSA) is 56.7 Å². The largest absolute Gasteiger partial charge is 0.359 e. The third-order valence-electron chi connectivity index (χ3n) is 6.01. The summed E-state index contributed by atoms with van der Waals surface area (Å²) in [6, 6.07) is 9.59. The summed E-state index contributed by atoms with van der Waals surface area (Å²) >= 11 is 0. The molecule has 2 N–H and O–H groups in total. The van der Waals surface area contributed by atoms with Crippen LogP contribution in [0.2, 0.25) is 0 Å². The Morgan fingerprint density at radius 1 is 1.22 bits per heavy atom. The molecule has 27 heavy (non-hydrogen) atoms. The first-order valence-electron chi connectivity index (χ1n) is 10.3. The molecule has 2 unspecified atom stereocenters. The normalized spacial score (nSPS) is 23.4. The van der Waals surface area contributed by atoms with Crippen molar-refractivity contribution in [1.29, 1.82) is 0 Å². The average molecular weight is 371 g/mol. The lowest BCUT2D eigenvalue weighted by molar-refractivity contribution is -0.121. The molecule has 5 nitrogen and oxygen atoms in total. The monoisotopic (exact) mass is 370 g/mol. The van der Waals surface area contributed by atoms with Crippen LogP contribution in [0, 0.1) is 5.92 Å². The number of guanidine groups is 1. The number of hydrogen-bond donors (Lipinski definition) is 2. The molecule has 2 atom stereocenters. The molecular weight excluding hydrogens is 336 g/mol. The van der Waals surface area contributed by atoms with E-state index in [1.54, 1.807) is 7.05 Å². The second kappa shape index (κ2) is 8.77. The summed E-state index contributed by atoms with van der Waals surface area (Å²) < 4.78 is 0. The molecule has 0 aromatic heterocycles. The third kappa shape index (κ3) is 5.02. The molecule has 1 aromatic carbocycles. The minimum Gasteiger partial charge on any atom is -0.359 e. The summed E-state index contributed by atoms with van der Waals surface area (Å²) in [5.41, 5.74) is 2.83. The van der Waals surface area contributed by atoms with Crippen molar-refractivity contribution >= 4 is 11.9 Å². The molecule has 1 saturated heterocycles. The summed E-state index contributed by atoms with van der Waals surface area (Å²) in [5, 5.41) is 6.39.